The number of rotatable bonds is 4. The summed E-state index contributed by atoms with van der Waals surface area (Å²) in [7, 11) is 0. The van der Waals surface area contributed by atoms with Crippen LogP contribution in [-0.4, -0.2) is 41.5 Å². The van der Waals surface area contributed by atoms with Gasteiger partial charge in [0, 0.05) is 30.3 Å². The molecule has 9 heteroatoms. The van der Waals surface area contributed by atoms with E-state index in [0.29, 0.717) is 23.2 Å². The normalized spacial score (nSPS) is 14.8. The predicted octanol–water partition coefficient (Wildman–Crippen LogP) is 3.95. The number of benzene rings is 1. The number of carbonyl (C=O) groups excluding carboxylic acids is 1. The summed E-state index contributed by atoms with van der Waals surface area (Å²) in [6, 6.07) is 3.67. The Labute approximate surface area is 148 Å². The molecule has 1 aromatic rings. The van der Waals surface area contributed by atoms with Gasteiger partial charge < -0.3 is 20.1 Å². The van der Waals surface area contributed by atoms with Gasteiger partial charge in [0.2, 0.25) is 5.91 Å². The number of anilines is 1. The Balaban J connectivity index is 2.37. The molecular formula is C17H19F3N2O4. The molecule has 0 atom stereocenters. The van der Waals surface area contributed by atoms with Crippen LogP contribution in [0.25, 0.3) is 5.57 Å². The molecule has 0 fully saturated rings. The summed E-state index contributed by atoms with van der Waals surface area (Å²) >= 11 is 0. The van der Waals surface area contributed by atoms with Crippen molar-refractivity contribution in [3.63, 3.8) is 0 Å². The first-order valence-electron chi connectivity index (χ1n) is 7.94. The maximum absolute atomic E-state index is 12.5. The lowest BCUT2D eigenvalue weighted by molar-refractivity contribution is -0.274. The molecule has 1 aromatic carbocycles. The van der Waals surface area contributed by atoms with Crippen molar-refractivity contribution in [1.29, 1.82) is 0 Å². The monoisotopic (exact) mass is 372 g/mol. The van der Waals surface area contributed by atoms with Gasteiger partial charge in [0.05, 0.1) is 0 Å². The standard InChI is InChI=1S/C17H19F3N2O4/c1-10(2)15(23)21-14-4-3-12(26-17(18,19)20)9-13(14)11-5-7-22(8-6-11)16(24)25/h3-5,9-10H,6-8H2,1-2H3,(H,21,23)(H,24,25). The van der Waals surface area contributed by atoms with E-state index in [1.165, 1.54) is 17.0 Å². The Morgan fingerprint density at radius 3 is 2.50 bits per heavy atom. The van der Waals surface area contributed by atoms with Crippen LogP contribution in [0, 0.1) is 5.92 Å². The molecule has 0 radical (unpaired) electrons. The maximum atomic E-state index is 12.5. The van der Waals surface area contributed by atoms with Gasteiger partial charge in [-0.2, -0.15) is 0 Å². The minimum atomic E-state index is -4.83. The van der Waals surface area contributed by atoms with Crippen molar-refractivity contribution < 1.29 is 32.6 Å². The molecule has 2 N–H and O–H groups in total. The fraction of sp³-hybridized carbons (Fsp3) is 0.412. The zero-order valence-corrected chi connectivity index (χ0v) is 14.3. The number of hydrogen-bond acceptors (Lipinski definition) is 3. The first-order chi connectivity index (χ1) is 12.1. The molecule has 0 unspecified atom stereocenters. The first kappa shape index (κ1) is 19.6. The second kappa shape index (κ2) is 7.67. The van der Waals surface area contributed by atoms with Crippen LogP contribution in [0.3, 0.4) is 0 Å². The van der Waals surface area contributed by atoms with Gasteiger partial charge in [-0.25, -0.2) is 4.79 Å². The minimum absolute atomic E-state index is 0.118. The quantitative estimate of drug-likeness (QED) is 0.839. The van der Waals surface area contributed by atoms with Gasteiger partial charge in [-0.1, -0.05) is 19.9 Å². The average molecular weight is 372 g/mol. The molecule has 1 aliphatic heterocycles. The lowest BCUT2D eigenvalue weighted by atomic mass is 9.97. The number of alkyl halides is 3. The SMILES string of the molecule is CC(C)C(=O)Nc1ccc(OC(F)(F)F)cc1C1=CCN(C(=O)O)CC1. The lowest BCUT2D eigenvalue weighted by Gasteiger charge is -2.25. The summed E-state index contributed by atoms with van der Waals surface area (Å²) in [5.74, 6) is -0.993. The van der Waals surface area contributed by atoms with Gasteiger partial charge in [0.1, 0.15) is 5.75 Å². The van der Waals surface area contributed by atoms with Gasteiger partial charge in [0.15, 0.2) is 0 Å². The van der Waals surface area contributed by atoms with Gasteiger partial charge in [-0.3, -0.25) is 4.79 Å². The molecule has 1 aliphatic rings. The Hall–Kier alpha value is -2.71. The Kier molecular flexibility index (Phi) is 5.79. The van der Waals surface area contributed by atoms with Crippen LogP contribution in [0.2, 0.25) is 0 Å². The molecule has 142 valence electrons. The van der Waals surface area contributed by atoms with Crippen molar-refractivity contribution in [2.24, 2.45) is 5.92 Å². The lowest BCUT2D eigenvalue weighted by Crippen LogP contribution is -2.33. The second-order valence-electron chi connectivity index (χ2n) is 6.11. The molecule has 6 nitrogen and oxygen atoms in total. The van der Waals surface area contributed by atoms with Gasteiger partial charge >= 0.3 is 12.5 Å². The van der Waals surface area contributed by atoms with Crippen molar-refractivity contribution in [1.82, 2.24) is 4.90 Å². The highest BCUT2D eigenvalue weighted by Gasteiger charge is 2.31. The minimum Gasteiger partial charge on any atom is -0.465 e. The van der Waals surface area contributed by atoms with Gasteiger partial charge in [-0.05, 0) is 30.2 Å². The third kappa shape index (κ3) is 5.14. The Bertz CT molecular complexity index is 729. The van der Waals surface area contributed by atoms with Crippen molar-refractivity contribution in [3.05, 3.63) is 29.8 Å². The number of nitrogens with one attached hydrogen (secondary N) is 1. The van der Waals surface area contributed by atoms with E-state index in [1.807, 2.05) is 0 Å². The number of ether oxygens (including phenoxy) is 1. The molecule has 1 heterocycles. The molecular weight excluding hydrogens is 353 g/mol. The van der Waals surface area contributed by atoms with Crippen LogP contribution in [-0.2, 0) is 4.79 Å². The van der Waals surface area contributed by atoms with Crippen LogP contribution >= 0.6 is 0 Å². The average Bonchev–Trinajstić information content (AvgIpc) is 2.54. The second-order valence-corrected chi connectivity index (χ2v) is 6.11. The molecule has 0 bridgehead atoms. The highest BCUT2D eigenvalue weighted by Crippen LogP contribution is 2.34. The number of nitrogens with zero attached hydrogens (tertiary/aromatic N) is 1. The van der Waals surface area contributed by atoms with Crippen LogP contribution in [0.15, 0.2) is 24.3 Å². The molecule has 0 saturated carbocycles. The summed E-state index contributed by atoms with van der Waals surface area (Å²) in [6.07, 6.45) is -3.97. The molecule has 0 aromatic heterocycles. The third-order valence-corrected chi connectivity index (χ3v) is 3.83. The van der Waals surface area contributed by atoms with Gasteiger partial charge in [0.25, 0.3) is 0 Å². The van der Waals surface area contributed by atoms with E-state index in [1.54, 1.807) is 19.9 Å². The van der Waals surface area contributed by atoms with Crippen molar-refractivity contribution in [3.8, 4) is 5.75 Å². The predicted molar refractivity (Wildman–Crippen MR) is 88.8 cm³/mol. The van der Waals surface area contributed by atoms with E-state index in [0.717, 1.165) is 6.07 Å². The van der Waals surface area contributed by atoms with Crippen molar-refractivity contribution in [2.45, 2.75) is 26.6 Å². The summed E-state index contributed by atoms with van der Waals surface area (Å²) < 4.78 is 41.4. The topological polar surface area (TPSA) is 78.9 Å². The molecule has 0 saturated heterocycles. The molecule has 0 aliphatic carbocycles. The van der Waals surface area contributed by atoms with Crippen LogP contribution in [0.4, 0.5) is 23.7 Å². The van der Waals surface area contributed by atoms with Crippen molar-refractivity contribution in [2.75, 3.05) is 18.4 Å². The maximum Gasteiger partial charge on any atom is 0.573 e. The highest BCUT2D eigenvalue weighted by molar-refractivity contribution is 5.95. The zero-order chi connectivity index (χ0) is 19.5. The molecule has 2 rings (SSSR count). The molecule has 2 amide bonds. The number of carbonyl (C=O) groups is 2. The van der Waals surface area contributed by atoms with Crippen LogP contribution in [0.5, 0.6) is 5.75 Å². The van der Waals surface area contributed by atoms with E-state index in [2.05, 4.69) is 10.1 Å². The number of amides is 2. The fourth-order valence-corrected chi connectivity index (χ4v) is 2.46. The van der Waals surface area contributed by atoms with E-state index in [4.69, 9.17) is 5.11 Å². The largest absolute Gasteiger partial charge is 0.573 e. The summed E-state index contributed by atoms with van der Waals surface area (Å²) in [6.45, 7) is 3.72. The Morgan fingerprint density at radius 1 is 1.31 bits per heavy atom. The number of hydrogen-bond donors (Lipinski definition) is 2. The molecule has 26 heavy (non-hydrogen) atoms. The van der Waals surface area contributed by atoms with Crippen molar-refractivity contribution >= 4 is 23.3 Å². The number of halogens is 3. The summed E-state index contributed by atoms with van der Waals surface area (Å²) in [5, 5.41) is 11.7. The molecule has 0 spiro atoms. The van der Waals surface area contributed by atoms with E-state index >= 15 is 0 Å². The number of carboxylic acid groups (broad SMARTS) is 1. The first-order valence-corrected chi connectivity index (χ1v) is 7.94. The van der Waals surface area contributed by atoms with E-state index in [9.17, 15) is 22.8 Å². The summed E-state index contributed by atoms with van der Waals surface area (Å²) in [5.41, 5.74) is 1.38. The van der Waals surface area contributed by atoms with Crippen LogP contribution < -0.4 is 10.1 Å². The Morgan fingerprint density at radius 2 is 2.00 bits per heavy atom. The highest BCUT2D eigenvalue weighted by atomic mass is 19.4. The summed E-state index contributed by atoms with van der Waals surface area (Å²) in [4.78, 5) is 24.2. The van der Waals surface area contributed by atoms with E-state index in [-0.39, 0.29) is 24.9 Å². The van der Waals surface area contributed by atoms with Gasteiger partial charge in [-0.15, -0.1) is 13.2 Å². The fourth-order valence-electron chi connectivity index (χ4n) is 2.46. The zero-order valence-electron chi connectivity index (χ0n) is 14.3. The third-order valence-electron chi connectivity index (χ3n) is 3.83. The van der Waals surface area contributed by atoms with Crippen LogP contribution in [0.1, 0.15) is 25.8 Å². The van der Waals surface area contributed by atoms with E-state index < -0.39 is 18.2 Å². The smallest absolute Gasteiger partial charge is 0.465 e.